The van der Waals surface area contributed by atoms with Gasteiger partial charge in [-0.3, -0.25) is 0 Å². The number of nitrogens with two attached hydrogens (primary N) is 1. The first-order chi connectivity index (χ1) is 8.79. The van der Waals surface area contributed by atoms with Crippen molar-refractivity contribution in [3.05, 3.63) is 23.5 Å². The summed E-state index contributed by atoms with van der Waals surface area (Å²) in [6.07, 6.45) is 2.58. The van der Waals surface area contributed by atoms with Gasteiger partial charge in [-0.25, -0.2) is 17.5 Å². The second-order valence-electron chi connectivity index (χ2n) is 5.39. The van der Waals surface area contributed by atoms with E-state index in [4.69, 9.17) is 5.73 Å². The number of rotatable bonds is 3. The fraction of sp³-hybridized carbons (Fsp3) is 0.538. The van der Waals surface area contributed by atoms with E-state index >= 15 is 0 Å². The maximum atomic E-state index is 14.0. The number of anilines is 1. The molecule has 2 unspecified atom stereocenters. The van der Waals surface area contributed by atoms with Gasteiger partial charge in [0, 0.05) is 11.7 Å². The lowest BCUT2D eigenvalue weighted by Crippen LogP contribution is -2.33. The molecule has 0 spiro atoms. The van der Waals surface area contributed by atoms with Gasteiger partial charge in [-0.15, -0.1) is 0 Å². The Morgan fingerprint density at radius 1 is 1.37 bits per heavy atom. The topological polar surface area (TPSA) is 72.2 Å². The third-order valence-corrected chi connectivity index (χ3v) is 5.07. The summed E-state index contributed by atoms with van der Waals surface area (Å²) in [5.74, 6) is -0.229. The van der Waals surface area contributed by atoms with Crippen molar-refractivity contribution in [2.24, 2.45) is 5.92 Å². The highest BCUT2D eigenvalue weighted by molar-refractivity contribution is 7.89. The van der Waals surface area contributed by atoms with Gasteiger partial charge in [-0.2, -0.15) is 0 Å². The highest BCUT2D eigenvalue weighted by atomic mass is 32.2. The zero-order valence-electron chi connectivity index (χ0n) is 11.1. The first-order valence-electron chi connectivity index (χ1n) is 6.37. The minimum atomic E-state index is -3.85. The third kappa shape index (κ3) is 3.06. The molecule has 106 valence electrons. The lowest BCUT2D eigenvalue weighted by atomic mass is 10.1. The van der Waals surface area contributed by atoms with Gasteiger partial charge in [0.1, 0.15) is 10.7 Å². The predicted octanol–water partition coefficient (Wildman–Crippen LogP) is 2.18. The molecule has 6 heteroatoms. The summed E-state index contributed by atoms with van der Waals surface area (Å²) in [6.45, 7) is 3.59. The zero-order chi connectivity index (χ0) is 14.2. The Hall–Kier alpha value is -1.14. The highest BCUT2D eigenvalue weighted by Crippen LogP contribution is 2.27. The van der Waals surface area contributed by atoms with Crippen LogP contribution < -0.4 is 10.5 Å². The van der Waals surface area contributed by atoms with Gasteiger partial charge in [-0.1, -0.05) is 6.92 Å². The second kappa shape index (κ2) is 5.09. The van der Waals surface area contributed by atoms with Gasteiger partial charge in [-0.05, 0) is 49.8 Å². The van der Waals surface area contributed by atoms with Gasteiger partial charge >= 0.3 is 0 Å². The summed E-state index contributed by atoms with van der Waals surface area (Å²) in [6, 6.07) is 2.48. The van der Waals surface area contributed by atoms with Crippen LogP contribution in [0.1, 0.15) is 31.7 Å². The first kappa shape index (κ1) is 14.3. The number of sulfonamides is 1. The fourth-order valence-corrected chi connectivity index (χ4v) is 4.02. The van der Waals surface area contributed by atoms with Crippen LogP contribution in [0.15, 0.2) is 17.0 Å². The van der Waals surface area contributed by atoms with E-state index in [0.717, 1.165) is 19.3 Å². The summed E-state index contributed by atoms with van der Waals surface area (Å²) in [5, 5.41) is 0. The summed E-state index contributed by atoms with van der Waals surface area (Å²) in [5.41, 5.74) is 6.08. The Balaban J connectivity index is 2.29. The van der Waals surface area contributed by atoms with E-state index < -0.39 is 15.8 Å². The quantitative estimate of drug-likeness (QED) is 0.837. The Morgan fingerprint density at radius 3 is 2.63 bits per heavy atom. The molecule has 1 saturated carbocycles. The van der Waals surface area contributed by atoms with Gasteiger partial charge in [0.05, 0.1) is 0 Å². The Labute approximate surface area is 113 Å². The lowest BCUT2D eigenvalue weighted by molar-refractivity contribution is 0.526. The molecule has 0 heterocycles. The predicted molar refractivity (Wildman–Crippen MR) is 72.7 cm³/mol. The number of aryl methyl sites for hydroxylation is 1. The van der Waals surface area contributed by atoms with Crippen LogP contribution >= 0.6 is 0 Å². The average Bonchev–Trinajstić information content (AvgIpc) is 2.68. The summed E-state index contributed by atoms with van der Waals surface area (Å²) in [7, 11) is -3.85. The van der Waals surface area contributed by atoms with Crippen molar-refractivity contribution in [3.63, 3.8) is 0 Å². The standard InChI is InChI=1S/C13H19FN2O2S/c1-8-3-4-11(5-8)16-19(17,18)12-7-10(15)6-9(2)13(12)14/h6-8,11,16H,3-5,15H2,1-2H3. The minimum absolute atomic E-state index is 0.110. The zero-order valence-corrected chi connectivity index (χ0v) is 11.9. The van der Waals surface area contributed by atoms with E-state index in [9.17, 15) is 12.8 Å². The molecule has 19 heavy (non-hydrogen) atoms. The maximum Gasteiger partial charge on any atom is 0.243 e. The van der Waals surface area contributed by atoms with Crippen LogP contribution in [0.4, 0.5) is 10.1 Å². The van der Waals surface area contributed by atoms with E-state index in [0.29, 0.717) is 5.92 Å². The summed E-state index contributed by atoms with van der Waals surface area (Å²) < 4.78 is 41.0. The molecule has 4 nitrogen and oxygen atoms in total. The van der Waals surface area contributed by atoms with Crippen molar-refractivity contribution in [2.45, 2.75) is 44.0 Å². The number of nitrogens with one attached hydrogen (secondary N) is 1. The SMILES string of the molecule is Cc1cc(N)cc(S(=O)(=O)NC2CCC(C)C2)c1F. The molecule has 3 N–H and O–H groups in total. The van der Waals surface area contributed by atoms with E-state index in [2.05, 4.69) is 11.6 Å². The summed E-state index contributed by atoms with van der Waals surface area (Å²) >= 11 is 0. The van der Waals surface area contributed by atoms with Gasteiger partial charge in [0.2, 0.25) is 10.0 Å². The molecule has 0 amide bonds. The molecule has 0 aliphatic heterocycles. The molecular formula is C13H19FN2O2S. The molecule has 0 radical (unpaired) electrons. The molecule has 2 rings (SSSR count). The molecule has 0 bridgehead atoms. The van der Waals surface area contributed by atoms with Crippen LogP contribution in [-0.2, 0) is 10.0 Å². The van der Waals surface area contributed by atoms with Crippen molar-refractivity contribution >= 4 is 15.7 Å². The molecule has 1 aliphatic rings. The Kier molecular flexibility index (Phi) is 3.82. The van der Waals surface area contributed by atoms with Crippen LogP contribution in [0.2, 0.25) is 0 Å². The Bertz CT molecular complexity index is 587. The van der Waals surface area contributed by atoms with E-state index in [1.54, 1.807) is 0 Å². The van der Waals surface area contributed by atoms with Crippen LogP contribution in [0, 0.1) is 18.7 Å². The minimum Gasteiger partial charge on any atom is -0.399 e. The monoisotopic (exact) mass is 286 g/mol. The normalized spacial score (nSPS) is 23.7. The summed E-state index contributed by atoms with van der Waals surface area (Å²) in [4.78, 5) is -0.357. The molecule has 1 fully saturated rings. The molecule has 1 aromatic carbocycles. The number of hydrogen-bond donors (Lipinski definition) is 2. The number of hydrogen-bond acceptors (Lipinski definition) is 3. The van der Waals surface area contributed by atoms with Crippen molar-refractivity contribution in [1.29, 1.82) is 0 Å². The van der Waals surface area contributed by atoms with Crippen molar-refractivity contribution in [1.82, 2.24) is 4.72 Å². The van der Waals surface area contributed by atoms with Crippen LogP contribution in [0.3, 0.4) is 0 Å². The first-order valence-corrected chi connectivity index (χ1v) is 7.86. The molecular weight excluding hydrogens is 267 g/mol. The van der Waals surface area contributed by atoms with E-state index in [1.807, 2.05) is 0 Å². The second-order valence-corrected chi connectivity index (χ2v) is 7.07. The van der Waals surface area contributed by atoms with Gasteiger partial charge in [0.25, 0.3) is 0 Å². The molecule has 1 aliphatic carbocycles. The smallest absolute Gasteiger partial charge is 0.243 e. The average molecular weight is 286 g/mol. The highest BCUT2D eigenvalue weighted by Gasteiger charge is 2.28. The lowest BCUT2D eigenvalue weighted by Gasteiger charge is -2.14. The number of halogens is 1. The largest absolute Gasteiger partial charge is 0.399 e. The van der Waals surface area contributed by atoms with Gasteiger partial charge < -0.3 is 5.73 Å². The number of nitrogen functional groups attached to an aromatic ring is 1. The van der Waals surface area contributed by atoms with E-state index in [1.165, 1.54) is 19.1 Å². The third-order valence-electron chi connectivity index (χ3n) is 3.55. The molecule has 2 atom stereocenters. The van der Waals surface area contributed by atoms with Crippen molar-refractivity contribution < 1.29 is 12.8 Å². The van der Waals surface area contributed by atoms with Crippen LogP contribution in [0.5, 0.6) is 0 Å². The fourth-order valence-electron chi connectivity index (χ4n) is 2.56. The van der Waals surface area contributed by atoms with Crippen LogP contribution in [0.25, 0.3) is 0 Å². The van der Waals surface area contributed by atoms with Crippen molar-refractivity contribution in [2.75, 3.05) is 5.73 Å². The molecule has 0 saturated heterocycles. The Morgan fingerprint density at radius 2 is 2.05 bits per heavy atom. The van der Waals surface area contributed by atoms with Crippen LogP contribution in [-0.4, -0.2) is 14.5 Å². The maximum absolute atomic E-state index is 14.0. The van der Waals surface area contributed by atoms with E-state index in [-0.39, 0.29) is 22.2 Å². The number of benzene rings is 1. The molecule has 1 aromatic rings. The van der Waals surface area contributed by atoms with Crippen molar-refractivity contribution in [3.8, 4) is 0 Å². The van der Waals surface area contributed by atoms with Gasteiger partial charge in [0.15, 0.2) is 0 Å². The molecule has 0 aromatic heterocycles.